The normalized spacial score (nSPS) is 11.4. The highest BCUT2D eigenvalue weighted by molar-refractivity contribution is 6.42. The third-order valence-electron chi connectivity index (χ3n) is 4.81. The fraction of sp³-hybridized carbons (Fsp3) is 0.100. The number of rotatable bonds is 3. The molecule has 0 fully saturated rings. The third-order valence-corrected chi connectivity index (χ3v) is 5.55. The number of hydrogen-bond acceptors (Lipinski definition) is 5. The SMILES string of the molecule is Cc1nn(C)c2ncnc(Nc3ccc4[nH]nc(-c5ccc(Cl)c(Cl)c5)c4c3)c12. The molecule has 2 aromatic carbocycles. The Balaban J connectivity index is 1.60. The van der Waals surface area contributed by atoms with Gasteiger partial charge in [0.15, 0.2) is 5.65 Å². The highest BCUT2D eigenvalue weighted by Gasteiger charge is 2.14. The zero-order valence-electron chi connectivity index (χ0n) is 15.5. The molecule has 0 aliphatic carbocycles. The van der Waals surface area contributed by atoms with Crippen LogP contribution in [0.15, 0.2) is 42.7 Å². The fourth-order valence-corrected chi connectivity index (χ4v) is 3.76. The van der Waals surface area contributed by atoms with Gasteiger partial charge in [0, 0.05) is 23.7 Å². The zero-order valence-corrected chi connectivity index (χ0v) is 17.0. The van der Waals surface area contributed by atoms with Crippen molar-refractivity contribution in [1.29, 1.82) is 0 Å². The van der Waals surface area contributed by atoms with Gasteiger partial charge in [0.1, 0.15) is 17.8 Å². The number of aryl methyl sites for hydroxylation is 2. The van der Waals surface area contributed by atoms with Crippen LogP contribution in [-0.2, 0) is 7.05 Å². The van der Waals surface area contributed by atoms with Crippen molar-refractivity contribution in [2.24, 2.45) is 7.05 Å². The number of nitrogens with zero attached hydrogens (tertiary/aromatic N) is 5. The summed E-state index contributed by atoms with van der Waals surface area (Å²) in [5.41, 5.74) is 5.13. The van der Waals surface area contributed by atoms with Gasteiger partial charge in [-0.05, 0) is 37.3 Å². The maximum Gasteiger partial charge on any atom is 0.163 e. The molecular weight excluding hydrogens is 409 g/mol. The van der Waals surface area contributed by atoms with Gasteiger partial charge in [0.05, 0.1) is 26.6 Å². The van der Waals surface area contributed by atoms with Crippen molar-refractivity contribution >= 4 is 56.6 Å². The molecule has 9 heteroatoms. The summed E-state index contributed by atoms with van der Waals surface area (Å²) < 4.78 is 1.75. The van der Waals surface area contributed by atoms with Crippen molar-refractivity contribution in [2.45, 2.75) is 6.92 Å². The largest absolute Gasteiger partial charge is 0.339 e. The Hall–Kier alpha value is -3.16. The quantitative estimate of drug-likeness (QED) is 0.413. The molecule has 29 heavy (non-hydrogen) atoms. The van der Waals surface area contributed by atoms with Gasteiger partial charge in [0.25, 0.3) is 0 Å². The first kappa shape index (κ1) is 17.9. The Morgan fingerprint density at radius 3 is 2.72 bits per heavy atom. The Morgan fingerprint density at radius 2 is 1.90 bits per heavy atom. The van der Waals surface area contributed by atoms with Gasteiger partial charge in [-0.15, -0.1) is 0 Å². The van der Waals surface area contributed by atoms with Gasteiger partial charge in [-0.1, -0.05) is 29.3 Å². The van der Waals surface area contributed by atoms with Crippen LogP contribution in [0, 0.1) is 6.92 Å². The second kappa shape index (κ2) is 6.72. The summed E-state index contributed by atoms with van der Waals surface area (Å²) in [5.74, 6) is 0.708. The van der Waals surface area contributed by atoms with Crippen LogP contribution in [0.4, 0.5) is 11.5 Å². The summed E-state index contributed by atoms with van der Waals surface area (Å²) in [5, 5.41) is 18.2. The highest BCUT2D eigenvalue weighted by atomic mass is 35.5. The number of H-pyrrole nitrogens is 1. The number of aromatic nitrogens is 6. The monoisotopic (exact) mass is 423 g/mol. The second-order valence-corrected chi connectivity index (χ2v) is 7.53. The summed E-state index contributed by atoms with van der Waals surface area (Å²) in [6.07, 6.45) is 1.53. The summed E-state index contributed by atoms with van der Waals surface area (Å²) in [6.45, 7) is 1.94. The van der Waals surface area contributed by atoms with E-state index in [4.69, 9.17) is 23.2 Å². The van der Waals surface area contributed by atoms with E-state index in [1.165, 1.54) is 6.33 Å². The van der Waals surface area contributed by atoms with Crippen molar-refractivity contribution in [3.63, 3.8) is 0 Å². The van der Waals surface area contributed by atoms with Gasteiger partial charge in [-0.25, -0.2) is 9.97 Å². The van der Waals surface area contributed by atoms with Crippen LogP contribution < -0.4 is 5.32 Å². The van der Waals surface area contributed by atoms with Gasteiger partial charge < -0.3 is 5.32 Å². The van der Waals surface area contributed by atoms with Gasteiger partial charge in [0.2, 0.25) is 0 Å². The Morgan fingerprint density at radius 1 is 1.03 bits per heavy atom. The summed E-state index contributed by atoms with van der Waals surface area (Å²) in [4.78, 5) is 8.74. The van der Waals surface area contributed by atoms with Gasteiger partial charge in [-0.3, -0.25) is 9.78 Å². The van der Waals surface area contributed by atoms with E-state index in [0.717, 1.165) is 44.6 Å². The molecular formula is C20H15Cl2N7. The lowest BCUT2D eigenvalue weighted by Crippen LogP contribution is -1.97. The summed E-state index contributed by atoms with van der Waals surface area (Å²) >= 11 is 12.2. The highest BCUT2D eigenvalue weighted by Crippen LogP contribution is 2.33. The Bertz CT molecular complexity index is 1390. The number of hydrogen-bond donors (Lipinski definition) is 2. The molecule has 0 aliphatic heterocycles. The number of fused-ring (bicyclic) bond motifs is 2. The van der Waals surface area contributed by atoms with Gasteiger partial charge in [-0.2, -0.15) is 10.2 Å². The van der Waals surface area contributed by atoms with Crippen molar-refractivity contribution < 1.29 is 0 Å². The Kier molecular flexibility index (Phi) is 4.15. The van der Waals surface area contributed by atoms with E-state index in [1.54, 1.807) is 10.7 Å². The maximum absolute atomic E-state index is 6.19. The molecule has 0 unspecified atom stereocenters. The van der Waals surface area contributed by atoms with E-state index in [-0.39, 0.29) is 0 Å². The van der Waals surface area contributed by atoms with E-state index in [0.29, 0.717) is 15.9 Å². The minimum Gasteiger partial charge on any atom is -0.339 e. The van der Waals surface area contributed by atoms with E-state index >= 15 is 0 Å². The smallest absolute Gasteiger partial charge is 0.163 e. The van der Waals surface area contributed by atoms with E-state index in [9.17, 15) is 0 Å². The molecule has 5 aromatic rings. The standard InChI is InChI=1S/C20H15Cl2N7/c1-10-17-19(23-9-24-20(17)29(2)28-10)25-12-4-6-16-13(8-12)18(27-26-16)11-3-5-14(21)15(22)7-11/h3-9H,1-2H3,(H,26,27)(H,23,24,25). The van der Waals surface area contributed by atoms with Crippen LogP contribution in [-0.4, -0.2) is 29.9 Å². The maximum atomic E-state index is 6.19. The number of nitrogens with one attached hydrogen (secondary N) is 2. The van der Waals surface area contributed by atoms with Gasteiger partial charge >= 0.3 is 0 Å². The number of benzene rings is 2. The minimum absolute atomic E-state index is 0.491. The summed E-state index contributed by atoms with van der Waals surface area (Å²) in [6, 6.07) is 11.4. The molecule has 0 saturated heterocycles. The predicted molar refractivity (Wildman–Crippen MR) is 116 cm³/mol. The van der Waals surface area contributed by atoms with Crippen molar-refractivity contribution in [3.8, 4) is 11.3 Å². The van der Waals surface area contributed by atoms with Crippen LogP contribution in [0.3, 0.4) is 0 Å². The van der Waals surface area contributed by atoms with Crippen LogP contribution in [0.2, 0.25) is 10.0 Å². The van der Waals surface area contributed by atoms with E-state index in [1.807, 2.05) is 44.3 Å². The molecule has 0 amide bonds. The number of halogens is 2. The molecule has 0 aliphatic rings. The van der Waals surface area contributed by atoms with E-state index in [2.05, 4.69) is 30.6 Å². The second-order valence-electron chi connectivity index (χ2n) is 6.72. The zero-order chi connectivity index (χ0) is 20.1. The molecule has 5 rings (SSSR count). The van der Waals surface area contributed by atoms with Crippen molar-refractivity contribution in [2.75, 3.05) is 5.32 Å². The molecule has 0 saturated carbocycles. The molecule has 0 bridgehead atoms. The van der Waals surface area contributed by atoms with Crippen molar-refractivity contribution in [3.05, 3.63) is 58.5 Å². The predicted octanol–water partition coefficient (Wildman–Crippen LogP) is 5.27. The number of aromatic amines is 1. The Labute approximate surface area is 175 Å². The lowest BCUT2D eigenvalue weighted by Gasteiger charge is -2.08. The van der Waals surface area contributed by atoms with Crippen LogP contribution in [0.5, 0.6) is 0 Å². The van der Waals surface area contributed by atoms with E-state index < -0.39 is 0 Å². The molecule has 3 aromatic heterocycles. The molecule has 7 nitrogen and oxygen atoms in total. The molecule has 0 spiro atoms. The lowest BCUT2D eigenvalue weighted by molar-refractivity contribution is 0.773. The first-order chi connectivity index (χ1) is 14.0. The fourth-order valence-electron chi connectivity index (χ4n) is 3.46. The van der Waals surface area contributed by atoms with Crippen LogP contribution in [0.25, 0.3) is 33.2 Å². The topological polar surface area (TPSA) is 84.3 Å². The van der Waals surface area contributed by atoms with Crippen LogP contribution >= 0.6 is 23.2 Å². The van der Waals surface area contributed by atoms with Crippen molar-refractivity contribution in [1.82, 2.24) is 29.9 Å². The number of anilines is 2. The first-order valence-electron chi connectivity index (χ1n) is 8.86. The first-order valence-corrected chi connectivity index (χ1v) is 9.62. The molecule has 2 N–H and O–H groups in total. The summed E-state index contributed by atoms with van der Waals surface area (Å²) in [7, 11) is 1.87. The molecule has 3 heterocycles. The minimum atomic E-state index is 0.491. The third kappa shape index (κ3) is 2.99. The average molecular weight is 424 g/mol. The average Bonchev–Trinajstić information content (AvgIpc) is 3.25. The lowest BCUT2D eigenvalue weighted by atomic mass is 10.1. The molecule has 0 atom stereocenters. The van der Waals surface area contributed by atoms with Crippen LogP contribution in [0.1, 0.15) is 5.69 Å². The molecule has 144 valence electrons. The molecule has 0 radical (unpaired) electrons.